The van der Waals surface area contributed by atoms with E-state index in [1.54, 1.807) is 6.07 Å². The Kier molecular flexibility index (Phi) is 2.88. The molecule has 1 rings (SSSR count). The molecule has 0 spiro atoms. The van der Waals surface area contributed by atoms with E-state index >= 15 is 0 Å². The van der Waals surface area contributed by atoms with Gasteiger partial charge in [0, 0.05) is 4.47 Å². The highest BCUT2D eigenvalue weighted by molar-refractivity contribution is 9.10. The molecule has 0 aliphatic heterocycles. The van der Waals surface area contributed by atoms with Gasteiger partial charge in [0.15, 0.2) is 11.1 Å². The second-order valence-corrected chi connectivity index (χ2v) is 5.14. The Hall–Kier alpha value is 0.580. The number of halogens is 2. The fourth-order valence-electron chi connectivity index (χ4n) is 0.444. The van der Waals surface area contributed by atoms with Crippen molar-refractivity contribution in [3.05, 3.63) is 14.9 Å². The van der Waals surface area contributed by atoms with Crippen LogP contribution in [0, 0.1) is 0 Å². The van der Waals surface area contributed by atoms with Gasteiger partial charge in [-0.05, 0) is 22.0 Å². The van der Waals surface area contributed by atoms with Crippen LogP contribution < -0.4 is 0 Å². The van der Waals surface area contributed by atoms with Crippen LogP contribution in [-0.2, 0) is 11.1 Å². The van der Waals surface area contributed by atoms with Gasteiger partial charge in [-0.1, -0.05) is 11.6 Å². The monoisotopic (exact) mass is 260 g/mol. The average Bonchev–Trinajstić information content (AvgIpc) is 2.10. The molecule has 1 atom stereocenters. The third kappa shape index (κ3) is 1.79. The number of rotatable bonds is 1. The van der Waals surface area contributed by atoms with E-state index in [4.69, 9.17) is 16.2 Å². The van der Waals surface area contributed by atoms with Gasteiger partial charge in [0.05, 0.1) is 4.34 Å². The lowest BCUT2D eigenvalue weighted by molar-refractivity contribution is 0.566. The van der Waals surface area contributed by atoms with Crippen molar-refractivity contribution in [2.45, 2.75) is 4.21 Å². The smallest absolute Gasteiger partial charge is 0.198 e. The summed E-state index contributed by atoms with van der Waals surface area (Å²) in [6.07, 6.45) is 0. The molecule has 1 heterocycles. The van der Waals surface area contributed by atoms with Crippen molar-refractivity contribution in [2.24, 2.45) is 0 Å². The first-order valence-electron chi connectivity index (χ1n) is 2.17. The molecule has 0 aliphatic rings. The van der Waals surface area contributed by atoms with Crippen molar-refractivity contribution in [1.82, 2.24) is 0 Å². The quantitative estimate of drug-likeness (QED) is 0.789. The molecule has 10 heavy (non-hydrogen) atoms. The van der Waals surface area contributed by atoms with E-state index in [0.29, 0.717) is 13.0 Å². The molecule has 0 fully saturated rings. The molecule has 0 bridgehead atoms. The van der Waals surface area contributed by atoms with Crippen molar-refractivity contribution in [3.8, 4) is 0 Å². The Balaban J connectivity index is 3.15. The van der Waals surface area contributed by atoms with E-state index in [-0.39, 0.29) is 0 Å². The molecular formula is C4H2BrClO2S2. The van der Waals surface area contributed by atoms with Gasteiger partial charge in [-0.3, -0.25) is 0 Å². The van der Waals surface area contributed by atoms with E-state index in [1.807, 2.05) is 0 Å². The molecule has 0 saturated carbocycles. The largest absolute Gasteiger partial charge is 0.302 e. The highest BCUT2D eigenvalue weighted by Gasteiger charge is 2.09. The summed E-state index contributed by atoms with van der Waals surface area (Å²) in [7, 11) is 0. The van der Waals surface area contributed by atoms with Crippen LogP contribution in [0.15, 0.2) is 14.7 Å². The maximum Gasteiger partial charge on any atom is 0.198 e. The fourth-order valence-corrected chi connectivity index (χ4v) is 3.38. The number of hydrogen-bond acceptors (Lipinski definition) is 2. The molecule has 1 aromatic rings. The molecule has 0 amide bonds. The van der Waals surface area contributed by atoms with E-state index in [1.165, 1.54) is 0 Å². The Morgan fingerprint density at radius 3 is 2.60 bits per heavy atom. The van der Waals surface area contributed by atoms with Gasteiger partial charge in [-0.2, -0.15) is 0 Å². The van der Waals surface area contributed by atoms with Crippen LogP contribution >= 0.6 is 38.9 Å². The molecule has 0 aliphatic carbocycles. The third-order valence-electron chi connectivity index (χ3n) is 0.784. The molecule has 0 radical (unpaired) electrons. The van der Waals surface area contributed by atoms with Gasteiger partial charge >= 0.3 is 0 Å². The lowest BCUT2D eigenvalue weighted by atomic mass is 10.7. The summed E-state index contributed by atoms with van der Waals surface area (Å²) in [5.41, 5.74) is 0. The Bertz CT molecular complexity index is 272. The van der Waals surface area contributed by atoms with Crippen molar-refractivity contribution in [3.63, 3.8) is 0 Å². The highest BCUT2D eigenvalue weighted by atomic mass is 79.9. The summed E-state index contributed by atoms with van der Waals surface area (Å²) in [5.74, 6) is 0. The van der Waals surface area contributed by atoms with E-state index in [2.05, 4.69) is 15.9 Å². The van der Waals surface area contributed by atoms with Crippen LogP contribution in [0.5, 0.6) is 0 Å². The Labute approximate surface area is 77.6 Å². The minimum Gasteiger partial charge on any atom is -0.302 e. The molecular weight excluding hydrogens is 260 g/mol. The van der Waals surface area contributed by atoms with Crippen molar-refractivity contribution in [2.75, 3.05) is 0 Å². The van der Waals surface area contributed by atoms with Crippen LogP contribution in [0.1, 0.15) is 0 Å². The summed E-state index contributed by atoms with van der Waals surface area (Å²) in [5, 5.41) is 0. The molecule has 1 unspecified atom stereocenters. The first-order chi connectivity index (χ1) is 4.61. The normalized spacial score (nSPS) is 13.5. The fraction of sp³-hybridized carbons (Fsp3) is 0. The maximum absolute atomic E-state index is 10.5. The zero-order valence-corrected chi connectivity index (χ0v) is 8.48. The summed E-state index contributed by atoms with van der Waals surface area (Å²) < 4.78 is 20.5. The Morgan fingerprint density at radius 1 is 1.80 bits per heavy atom. The molecule has 1 aromatic heterocycles. The Morgan fingerprint density at radius 2 is 2.40 bits per heavy atom. The molecule has 1 N–H and O–H groups in total. The van der Waals surface area contributed by atoms with E-state index < -0.39 is 11.1 Å². The van der Waals surface area contributed by atoms with Crippen LogP contribution in [0.25, 0.3) is 0 Å². The van der Waals surface area contributed by atoms with Crippen molar-refractivity contribution >= 4 is 49.9 Å². The standard InChI is InChI=1S/C4H2BrClO2S2/c5-2-1-3(6)9-4(2)10(7)8/h1H,(H,7,8). The minimum absolute atomic E-state index is 0.352. The van der Waals surface area contributed by atoms with Gasteiger partial charge in [0.2, 0.25) is 0 Å². The van der Waals surface area contributed by atoms with Crippen LogP contribution in [-0.4, -0.2) is 8.76 Å². The van der Waals surface area contributed by atoms with E-state index in [0.717, 1.165) is 11.3 Å². The zero-order valence-electron chi connectivity index (χ0n) is 4.51. The van der Waals surface area contributed by atoms with Gasteiger partial charge in [0.1, 0.15) is 4.21 Å². The predicted octanol–water partition coefficient (Wildman–Crippen LogP) is 2.74. The summed E-state index contributed by atoms with van der Waals surface area (Å²) in [6, 6.07) is 1.59. The zero-order chi connectivity index (χ0) is 7.72. The van der Waals surface area contributed by atoms with E-state index in [9.17, 15) is 4.21 Å². The van der Waals surface area contributed by atoms with Crippen LogP contribution in [0.2, 0.25) is 4.34 Å². The lowest BCUT2D eigenvalue weighted by Crippen LogP contribution is -1.82. The summed E-state index contributed by atoms with van der Waals surface area (Å²) in [4.78, 5) is 0. The second kappa shape index (κ2) is 3.32. The predicted molar refractivity (Wildman–Crippen MR) is 46.1 cm³/mol. The first kappa shape index (κ1) is 8.67. The van der Waals surface area contributed by atoms with Gasteiger partial charge in [0.25, 0.3) is 0 Å². The van der Waals surface area contributed by atoms with Gasteiger partial charge in [-0.25, -0.2) is 4.21 Å². The second-order valence-electron chi connectivity index (χ2n) is 1.44. The molecule has 56 valence electrons. The van der Waals surface area contributed by atoms with Crippen LogP contribution in [0.4, 0.5) is 0 Å². The summed E-state index contributed by atoms with van der Waals surface area (Å²) in [6.45, 7) is 0. The third-order valence-corrected chi connectivity index (χ3v) is 4.21. The highest BCUT2D eigenvalue weighted by Crippen LogP contribution is 2.32. The number of hydrogen-bond donors (Lipinski definition) is 1. The molecule has 0 saturated heterocycles. The van der Waals surface area contributed by atoms with Crippen molar-refractivity contribution < 1.29 is 8.76 Å². The van der Waals surface area contributed by atoms with Crippen molar-refractivity contribution in [1.29, 1.82) is 0 Å². The van der Waals surface area contributed by atoms with Gasteiger partial charge in [-0.15, -0.1) is 11.3 Å². The summed E-state index contributed by atoms with van der Waals surface area (Å²) >= 11 is 7.80. The topological polar surface area (TPSA) is 37.3 Å². The van der Waals surface area contributed by atoms with Gasteiger partial charge < -0.3 is 4.55 Å². The average molecular weight is 262 g/mol. The molecule has 2 nitrogen and oxygen atoms in total. The SMILES string of the molecule is O=S(O)c1sc(Cl)cc1Br. The molecule has 6 heteroatoms. The molecule has 0 aromatic carbocycles. The lowest BCUT2D eigenvalue weighted by Gasteiger charge is -1.85. The van der Waals surface area contributed by atoms with Crippen LogP contribution in [0.3, 0.4) is 0 Å². The first-order valence-corrected chi connectivity index (χ1v) is 5.26. The minimum atomic E-state index is -1.93. The number of thiophene rings is 1. The maximum atomic E-state index is 10.5.